The average Bonchev–Trinajstić information content (AvgIpc) is 3.06. The van der Waals surface area contributed by atoms with Crippen LogP contribution in [0.25, 0.3) is 11.2 Å². The Labute approximate surface area is 129 Å². The number of rotatable bonds is 2. The molecule has 0 aromatic carbocycles. The second-order valence-electron chi connectivity index (χ2n) is 5.07. The lowest BCUT2D eigenvalue weighted by Crippen LogP contribution is -2.11. The topological polar surface area (TPSA) is 68.0 Å². The Hall–Kier alpha value is -1.62. The first-order chi connectivity index (χ1) is 10.1. The highest BCUT2D eigenvalue weighted by atomic mass is 35.5. The molecule has 0 radical (unpaired) electrons. The summed E-state index contributed by atoms with van der Waals surface area (Å²) >= 11 is 6.15. The number of pyridine rings is 1. The third kappa shape index (κ3) is 3.02. The van der Waals surface area contributed by atoms with Gasteiger partial charge in [0, 0.05) is 11.7 Å². The summed E-state index contributed by atoms with van der Waals surface area (Å²) in [5.74, 6) is -0.975. The van der Waals surface area contributed by atoms with Crippen molar-refractivity contribution in [2.45, 2.75) is 46.1 Å². The molecule has 0 bridgehead atoms. The van der Waals surface area contributed by atoms with Crippen LogP contribution in [0.3, 0.4) is 0 Å². The molecule has 1 N–H and O–H groups in total. The van der Waals surface area contributed by atoms with Crippen molar-refractivity contribution in [1.29, 1.82) is 0 Å². The molecular formula is C15H20ClN3O2. The van der Waals surface area contributed by atoms with E-state index in [-0.39, 0.29) is 12.0 Å². The minimum Gasteiger partial charge on any atom is -0.481 e. The highest BCUT2D eigenvalue weighted by molar-refractivity contribution is 6.34. The number of hydrogen-bond acceptors (Lipinski definition) is 3. The number of hydrogen-bond donors (Lipinski definition) is 1. The Kier molecular flexibility index (Phi) is 4.83. The van der Waals surface area contributed by atoms with E-state index in [1.165, 1.54) is 0 Å². The summed E-state index contributed by atoms with van der Waals surface area (Å²) in [5, 5.41) is 9.66. The number of carbonyl (C=O) groups is 1. The molecule has 0 aliphatic heterocycles. The molecule has 6 heteroatoms. The molecule has 0 unspecified atom stereocenters. The molecule has 3 rings (SSSR count). The van der Waals surface area contributed by atoms with Crippen molar-refractivity contribution < 1.29 is 9.90 Å². The number of imidazole rings is 1. The van der Waals surface area contributed by atoms with E-state index in [1.54, 1.807) is 12.4 Å². The second kappa shape index (κ2) is 6.43. The van der Waals surface area contributed by atoms with Gasteiger partial charge >= 0.3 is 5.97 Å². The van der Waals surface area contributed by atoms with Crippen LogP contribution < -0.4 is 0 Å². The zero-order valence-electron chi connectivity index (χ0n) is 12.5. The molecule has 1 aliphatic carbocycles. The number of nitrogens with zero attached hydrogens (tertiary/aromatic N) is 3. The van der Waals surface area contributed by atoms with Gasteiger partial charge in [-0.15, -0.1) is 0 Å². The number of aromatic nitrogens is 3. The molecule has 0 amide bonds. The number of halogens is 1. The molecule has 114 valence electrons. The van der Waals surface area contributed by atoms with Crippen LogP contribution in [0, 0.1) is 12.8 Å². The van der Waals surface area contributed by atoms with Crippen molar-refractivity contribution in [2.24, 2.45) is 5.92 Å². The predicted molar refractivity (Wildman–Crippen MR) is 82.6 cm³/mol. The van der Waals surface area contributed by atoms with Gasteiger partial charge in [-0.2, -0.15) is 0 Å². The van der Waals surface area contributed by atoms with Crippen LogP contribution in [0.1, 0.15) is 44.8 Å². The van der Waals surface area contributed by atoms with Crippen molar-refractivity contribution in [3.8, 4) is 0 Å². The van der Waals surface area contributed by atoms with Crippen LogP contribution in [0.2, 0.25) is 5.02 Å². The van der Waals surface area contributed by atoms with Gasteiger partial charge in [-0.25, -0.2) is 9.97 Å². The first-order valence-electron chi connectivity index (χ1n) is 7.28. The van der Waals surface area contributed by atoms with Gasteiger partial charge in [0.1, 0.15) is 5.52 Å². The number of aliphatic carboxylic acids is 1. The highest BCUT2D eigenvalue weighted by Gasteiger charge is 2.31. The molecule has 2 atom stereocenters. The van der Waals surface area contributed by atoms with Crippen LogP contribution in [-0.4, -0.2) is 25.6 Å². The number of carboxylic acids is 1. The van der Waals surface area contributed by atoms with Gasteiger partial charge in [0.15, 0.2) is 5.65 Å². The molecule has 0 spiro atoms. The molecule has 5 nitrogen and oxygen atoms in total. The molecular weight excluding hydrogens is 290 g/mol. The van der Waals surface area contributed by atoms with Crippen molar-refractivity contribution >= 4 is 28.7 Å². The van der Waals surface area contributed by atoms with Gasteiger partial charge < -0.3 is 9.67 Å². The van der Waals surface area contributed by atoms with E-state index in [0.29, 0.717) is 23.4 Å². The third-order valence-corrected chi connectivity index (χ3v) is 4.05. The SMILES string of the molecule is CC.Cc1cc(Cl)c2ncn([C@H]3CC[C@@H](C(=O)O)C3)c2n1. The monoisotopic (exact) mass is 309 g/mol. The Morgan fingerprint density at radius 3 is 2.76 bits per heavy atom. The standard InChI is InChI=1S/C13H14ClN3O2.C2H6/c1-7-4-10(14)11-12(16-7)17(6-15-11)9-3-2-8(5-9)13(18)19;1-2/h4,6,8-9H,2-3,5H2,1H3,(H,18,19);1-2H3/t8-,9+;/m1./s1. The summed E-state index contributed by atoms with van der Waals surface area (Å²) in [4.78, 5) is 19.8. The van der Waals surface area contributed by atoms with E-state index in [9.17, 15) is 4.79 Å². The highest BCUT2D eigenvalue weighted by Crippen LogP contribution is 2.36. The molecule has 0 saturated heterocycles. The Morgan fingerprint density at radius 2 is 2.14 bits per heavy atom. The summed E-state index contributed by atoms with van der Waals surface area (Å²) in [6.45, 7) is 5.89. The van der Waals surface area contributed by atoms with Gasteiger partial charge in [-0.05, 0) is 32.3 Å². The predicted octanol–water partition coefficient (Wildman–Crippen LogP) is 3.85. The van der Waals surface area contributed by atoms with Gasteiger partial charge in [0.25, 0.3) is 0 Å². The smallest absolute Gasteiger partial charge is 0.306 e. The van der Waals surface area contributed by atoms with Crippen LogP contribution >= 0.6 is 11.6 Å². The lowest BCUT2D eigenvalue weighted by Gasteiger charge is -2.12. The summed E-state index contributed by atoms with van der Waals surface area (Å²) in [6.07, 6.45) is 3.90. The molecule has 1 fully saturated rings. The van der Waals surface area contributed by atoms with Gasteiger partial charge in [0.2, 0.25) is 0 Å². The third-order valence-electron chi connectivity index (χ3n) is 3.76. The zero-order valence-corrected chi connectivity index (χ0v) is 13.3. The first kappa shape index (κ1) is 15.8. The summed E-state index contributed by atoms with van der Waals surface area (Å²) in [5.41, 5.74) is 2.28. The molecule has 2 aromatic heterocycles. The normalized spacial score (nSPS) is 21.1. The molecule has 2 aromatic rings. The number of carboxylic acid groups (broad SMARTS) is 1. The van der Waals surface area contributed by atoms with Crippen molar-refractivity contribution in [3.63, 3.8) is 0 Å². The number of aryl methyl sites for hydroxylation is 1. The van der Waals surface area contributed by atoms with Gasteiger partial charge in [-0.3, -0.25) is 4.79 Å². The maximum Gasteiger partial charge on any atom is 0.306 e. The minimum atomic E-state index is -0.714. The molecule has 1 saturated carbocycles. The first-order valence-corrected chi connectivity index (χ1v) is 7.66. The summed E-state index contributed by atoms with van der Waals surface area (Å²) < 4.78 is 1.97. The molecule has 21 heavy (non-hydrogen) atoms. The molecule has 2 heterocycles. The van der Waals surface area contributed by atoms with Gasteiger partial charge in [-0.1, -0.05) is 25.4 Å². The van der Waals surface area contributed by atoms with Crippen LogP contribution in [0.5, 0.6) is 0 Å². The van der Waals surface area contributed by atoms with Gasteiger partial charge in [0.05, 0.1) is 17.3 Å². The second-order valence-corrected chi connectivity index (χ2v) is 5.48. The van der Waals surface area contributed by atoms with E-state index in [1.807, 2.05) is 25.3 Å². The Balaban J connectivity index is 0.000000774. The summed E-state index contributed by atoms with van der Waals surface area (Å²) in [6, 6.07) is 1.94. The maximum atomic E-state index is 11.0. The lowest BCUT2D eigenvalue weighted by atomic mass is 10.1. The molecule has 1 aliphatic rings. The van der Waals surface area contributed by atoms with E-state index in [4.69, 9.17) is 16.7 Å². The quantitative estimate of drug-likeness (QED) is 0.915. The lowest BCUT2D eigenvalue weighted by molar-refractivity contribution is -0.141. The fourth-order valence-corrected chi connectivity index (χ4v) is 3.08. The largest absolute Gasteiger partial charge is 0.481 e. The van der Waals surface area contributed by atoms with E-state index < -0.39 is 5.97 Å². The van der Waals surface area contributed by atoms with E-state index in [0.717, 1.165) is 17.8 Å². The van der Waals surface area contributed by atoms with Crippen molar-refractivity contribution in [1.82, 2.24) is 14.5 Å². The van der Waals surface area contributed by atoms with E-state index in [2.05, 4.69) is 9.97 Å². The fraction of sp³-hybridized carbons (Fsp3) is 0.533. The Bertz CT molecular complexity index is 654. The van der Waals surface area contributed by atoms with Crippen LogP contribution in [0.15, 0.2) is 12.4 Å². The minimum absolute atomic E-state index is 0.150. The summed E-state index contributed by atoms with van der Waals surface area (Å²) in [7, 11) is 0. The van der Waals surface area contributed by atoms with Crippen molar-refractivity contribution in [2.75, 3.05) is 0 Å². The average molecular weight is 310 g/mol. The van der Waals surface area contributed by atoms with E-state index >= 15 is 0 Å². The maximum absolute atomic E-state index is 11.0. The number of fused-ring (bicyclic) bond motifs is 1. The fourth-order valence-electron chi connectivity index (χ4n) is 2.79. The van der Waals surface area contributed by atoms with Crippen molar-refractivity contribution in [3.05, 3.63) is 23.1 Å². The Morgan fingerprint density at radius 1 is 1.43 bits per heavy atom. The zero-order chi connectivity index (χ0) is 15.6. The van der Waals surface area contributed by atoms with Crippen LogP contribution in [-0.2, 0) is 4.79 Å². The van der Waals surface area contributed by atoms with Crippen LogP contribution in [0.4, 0.5) is 0 Å².